The molecule has 0 aliphatic carbocycles. The summed E-state index contributed by atoms with van der Waals surface area (Å²) in [6.45, 7) is 0. The quantitative estimate of drug-likeness (QED) is 0.164. The first-order valence-electron chi connectivity index (χ1n) is 9.08. The Morgan fingerprint density at radius 3 is 1.34 bits per heavy atom. The van der Waals surface area contributed by atoms with Crippen molar-refractivity contribution < 1.29 is 47.1 Å². The fourth-order valence-electron chi connectivity index (χ4n) is 2.36. The Morgan fingerprint density at radius 2 is 1.03 bits per heavy atom. The van der Waals surface area contributed by atoms with Crippen LogP contribution in [0.5, 0.6) is 23.0 Å². The molecule has 0 aliphatic rings. The van der Waals surface area contributed by atoms with Crippen LogP contribution in [0, 0.1) is 0 Å². The molecule has 188 valence electrons. The van der Waals surface area contributed by atoms with E-state index < -0.39 is 0 Å². The number of nitrogens with zero attached hydrogens (tertiary/aromatic N) is 8. The molecule has 6 N–H and O–H groups in total. The number of hydrogen-bond acceptors (Lipinski definition) is 10. The molecule has 0 aliphatic heterocycles. The van der Waals surface area contributed by atoms with Crippen molar-refractivity contribution in [2.24, 2.45) is 10.2 Å². The maximum atomic E-state index is 11.7. The van der Waals surface area contributed by atoms with Gasteiger partial charge in [0.2, 0.25) is 0 Å². The van der Waals surface area contributed by atoms with Gasteiger partial charge in [0.05, 0.1) is 26.6 Å². The summed E-state index contributed by atoms with van der Waals surface area (Å²) in [6, 6.07) is 10.0. The molecule has 0 radical (unpaired) electrons. The number of benzene rings is 2. The molecular weight excluding hydrogens is 507 g/mol. The summed E-state index contributed by atoms with van der Waals surface area (Å²) in [7, 11) is 2.91. The number of ether oxygens (including phenoxy) is 2. The Kier molecular flexibility index (Phi) is 13.6. The van der Waals surface area contributed by atoms with E-state index in [4.69, 9.17) is 9.47 Å². The van der Waals surface area contributed by atoms with Gasteiger partial charge in [0.1, 0.15) is 36.8 Å². The van der Waals surface area contributed by atoms with Crippen LogP contribution in [0.15, 0.2) is 71.9 Å². The van der Waals surface area contributed by atoms with Gasteiger partial charge >= 0.3 is 16.5 Å². The standard InChI is InChI=1S/2C10H10N4O2.Ni.2H2O/c2*1-16-9-4-2-3-8(10(9)15)5-13-14-6-11-12-7-14;;;/h2*2-7,15H,1H3;;2*1H2/q;;+2;;/b2*13-5+;;;. The number of methoxy groups -OCH3 is 2. The topological polar surface area (TPSA) is 217 Å². The number of para-hydroxylation sites is 2. The number of rotatable bonds is 6. The molecule has 15 heteroatoms. The van der Waals surface area contributed by atoms with Crippen LogP contribution in [0.4, 0.5) is 0 Å². The molecule has 0 saturated carbocycles. The Morgan fingerprint density at radius 1 is 0.686 bits per heavy atom. The van der Waals surface area contributed by atoms with Crippen LogP contribution in [0.2, 0.25) is 0 Å². The molecule has 2 heterocycles. The molecule has 2 aromatic carbocycles. The fraction of sp³-hybridized carbons (Fsp3) is 0.100. The second kappa shape index (κ2) is 15.5. The zero-order valence-corrected chi connectivity index (χ0v) is 19.6. The predicted octanol–water partition coefficient (Wildman–Crippen LogP) is -1.36. The third-order valence-corrected chi connectivity index (χ3v) is 3.93. The first-order valence-corrected chi connectivity index (χ1v) is 9.08. The maximum absolute atomic E-state index is 11.7. The largest absolute Gasteiger partial charge is 2.00 e. The second-order valence-electron chi connectivity index (χ2n) is 5.93. The van der Waals surface area contributed by atoms with Crippen molar-refractivity contribution in [2.75, 3.05) is 14.2 Å². The minimum absolute atomic E-state index is 0. The Balaban J connectivity index is 0.000000608. The third kappa shape index (κ3) is 8.51. The van der Waals surface area contributed by atoms with Crippen molar-refractivity contribution in [1.29, 1.82) is 0 Å². The van der Waals surface area contributed by atoms with E-state index in [2.05, 4.69) is 30.6 Å². The second-order valence-corrected chi connectivity index (χ2v) is 5.93. The molecule has 4 rings (SSSR count). The third-order valence-electron chi connectivity index (χ3n) is 3.93. The molecule has 14 nitrogen and oxygen atoms in total. The smallest absolute Gasteiger partial charge is 0.870 e. The summed E-state index contributed by atoms with van der Waals surface area (Å²) in [5.41, 5.74) is 0.904. The Bertz CT molecular complexity index is 1090. The first kappa shape index (κ1) is 30.7. The maximum Gasteiger partial charge on any atom is 2.00 e. The minimum atomic E-state index is -0.193. The van der Waals surface area contributed by atoms with E-state index in [1.165, 1.54) is 61.3 Å². The van der Waals surface area contributed by atoms with Crippen molar-refractivity contribution in [1.82, 2.24) is 29.7 Å². The van der Waals surface area contributed by atoms with Crippen molar-refractivity contribution in [3.8, 4) is 23.0 Å². The van der Waals surface area contributed by atoms with Gasteiger partial charge in [0.15, 0.2) is 0 Å². The molecule has 0 amide bonds. The van der Waals surface area contributed by atoms with Crippen LogP contribution in [0.1, 0.15) is 11.1 Å². The van der Waals surface area contributed by atoms with Gasteiger partial charge in [-0.1, -0.05) is 35.8 Å². The molecular formula is C20H24N8NiO6+2. The zero-order chi connectivity index (χ0) is 22.8. The number of hydrogen-bond donors (Lipinski definition) is 0. The van der Waals surface area contributed by atoms with Gasteiger partial charge in [0, 0.05) is 0 Å². The van der Waals surface area contributed by atoms with Gasteiger partial charge < -0.3 is 30.6 Å². The molecule has 35 heavy (non-hydrogen) atoms. The molecule has 0 atom stereocenters. The van der Waals surface area contributed by atoms with Crippen LogP contribution >= 0.6 is 0 Å². The van der Waals surface area contributed by atoms with E-state index in [1.54, 1.807) is 36.4 Å². The summed E-state index contributed by atoms with van der Waals surface area (Å²) in [4.78, 5) is 0. The molecule has 0 unspecified atom stereocenters. The van der Waals surface area contributed by atoms with Crippen LogP contribution < -0.4 is 19.7 Å². The van der Waals surface area contributed by atoms with Crippen molar-refractivity contribution in [3.05, 3.63) is 72.8 Å². The average Bonchev–Trinajstić information content (AvgIpc) is 3.53. The minimum Gasteiger partial charge on any atom is -0.870 e. The molecule has 0 bridgehead atoms. The monoisotopic (exact) mass is 530 g/mol. The van der Waals surface area contributed by atoms with Crippen LogP contribution in [0.25, 0.3) is 0 Å². The van der Waals surface area contributed by atoms with Gasteiger partial charge in [-0.2, -0.15) is 10.2 Å². The predicted molar refractivity (Wildman–Crippen MR) is 121 cm³/mol. The normalized spacial score (nSPS) is 9.89. The van der Waals surface area contributed by atoms with Crippen molar-refractivity contribution in [2.45, 2.75) is 0 Å². The Hall–Kier alpha value is -4.33. The molecule has 2 aromatic heterocycles. The fourth-order valence-corrected chi connectivity index (χ4v) is 2.36. The van der Waals surface area contributed by atoms with E-state index in [-0.39, 0.29) is 38.9 Å². The first-order chi connectivity index (χ1) is 15.6. The van der Waals surface area contributed by atoms with E-state index in [9.17, 15) is 10.2 Å². The van der Waals surface area contributed by atoms with Gasteiger partial charge in [-0.05, 0) is 23.3 Å². The zero-order valence-electron chi connectivity index (χ0n) is 18.6. The van der Waals surface area contributed by atoms with E-state index in [0.717, 1.165) is 0 Å². The van der Waals surface area contributed by atoms with Gasteiger partial charge in [-0.3, -0.25) is 0 Å². The summed E-state index contributed by atoms with van der Waals surface area (Å²) in [6.07, 6.45) is 8.60. The summed E-state index contributed by atoms with van der Waals surface area (Å²) in [5.74, 6) is 0.212. The van der Waals surface area contributed by atoms with Crippen LogP contribution in [0.3, 0.4) is 0 Å². The number of aromatic nitrogens is 6. The molecule has 0 fully saturated rings. The summed E-state index contributed by atoms with van der Waals surface area (Å²) in [5, 5.41) is 45.7. The summed E-state index contributed by atoms with van der Waals surface area (Å²) < 4.78 is 12.6. The van der Waals surface area contributed by atoms with E-state index in [1.807, 2.05) is 0 Å². The van der Waals surface area contributed by atoms with Gasteiger partial charge in [0.25, 0.3) is 0 Å². The molecule has 0 spiro atoms. The van der Waals surface area contributed by atoms with Crippen molar-refractivity contribution in [3.63, 3.8) is 0 Å². The SMILES string of the molecule is COc1cccc(/C=N/n2cnnc2)c1[O-].COc1cccc(/C=N/n2cnnc2)c1[O-].[Ni+2].[OH3+].[OH3+]. The van der Waals surface area contributed by atoms with Crippen LogP contribution in [-0.4, -0.2) is 56.4 Å². The van der Waals surface area contributed by atoms with Gasteiger partial charge in [-0.15, -0.1) is 20.4 Å². The average molecular weight is 531 g/mol. The summed E-state index contributed by atoms with van der Waals surface area (Å²) >= 11 is 0. The van der Waals surface area contributed by atoms with Gasteiger partial charge in [-0.25, -0.2) is 9.35 Å². The van der Waals surface area contributed by atoms with Crippen molar-refractivity contribution >= 4 is 12.4 Å². The molecule has 4 aromatic rings. The Labute approximate surface area is 209 Å². The molecule has 0 saturated heterocycles. The van der Waals surface area contributed by atoms with E-state index in [0.29, 0.717) is 22.6 Å². The van der Waals surface area contributed by atoms with E-state index >= 15 is 0 Å². The van der Waals surface area contributed by atoms with Crippen LogP contribution in [-0.2, 0) is 27.4 Å².